The van der Waals surface area contributed by atoms with Gasteiger partial charge in [0.1, 0.15) is 10.4 Å². The molecule has 0 saturated heterocycles. The average Bonchev–Trinajstić information content (AvgIpc) is 3.29. The zero-order valence-electron chi connectivity index (χ0n) is 18.3. The number of nitrogens with one attached hydrogen (secondary N) is 1. The lowest BCUT2D eigenvalue weighted by Gasteiger charge is -2.26. The maximum Gasteiger partial charge on any atom is 0.263 e. The standard InChI is InChI=1S/C23H30N4O2S2/c1-15-16(2)31-20-19(15)21(29)27(17-9-5-6-10-17)22(25-20)30-13-18(28)26-23(14-24)11-7-3-4-8-12-23/h17H,3-13H2,1-2H3,(H,26,28). The number of nitriles is 1. The van der Waals surface area contributed by atoms with Crippen LogP contribution in [0.4, 0.5) is 0 Å². The van der Waals surface area contributed by atoms with Crippen LogP contribution in [-0.4, -0.2) is 26.8 Å². The van der Waals surface area contributed by atoms with E-state index in [-0.39, 0.29) is 23.3 Å². The molecule has 0 unspecified atom stereocenters. The fourth-order valence-electron chi connectivity index (χ4n) is 4.90. The summed E-state index contributed by atoms with van der Waals surface area (Å²) in [6, 6.07) is 2.53. The Morgan fingerprint density at radius 3 is 2.55 bits per heavy atom. The molecule has 0 aromatic carbocycles. The van der Waals surface area contributed by atoms with E-state index < -0.39 is 5.54 Å². The van der Waals surface area contributed by atoms with E-state index in [4.69, 9.17) is 4.98 Å². The van der Waals surface area contributed by atoms with Gasteiger partial charge in [-0.15, -0.1) is 11.3 Å². The van der Waals surface area contributed by atoms with Crippen LogP contribution in [0.15, 0.2) is 9.95 Å². The fourth-order valence-corrected chi connectivity index (χ4v) is 6.84. The summed E-state index contributed by atoms with van der Waals surface area (Å²) >= 11 is 2.87. The van der Waals surface area contributed by atoms with Gasteiger partial charge in [-0.2, -0.15) is 5.26 Å². The monoisotopic (exact) mass is 458 g/mol. The molecule has 2 aromatic heterocycles. The van der Waals surface area contributed by atoms with Crippen LogP contribution in [0.3, 0.4) is 0 Å². The number of thiophene rings is 1. The van der Waals surface area contributed by atoms with Crippen molar-refractivity contribution in [2.45, 2.75) is 94.8 Å². The molecule has 2 fully saturated rings. The van der Waals surface area contributed by atoms with Crippen molar-refractivity contribution >= 4 is 39.2 Å². The van der Waals surface area contributed by atoms with Gasteiger partial charge in [-0.25, -0.2) is 4.98 Å². The Hall–Kier alpha value is -1.85. The maximum absolute atomic E-state index is 13.4. The molecule has 8 heteroatoms. The van der Waals surface area contributed by atoms with Gasteiger partial charge in [0, 0.05) is 10.9 Å². The first-order valence-electron chi connectivity index (χ1n) is 11.3. The van der Waals surface area contributed by atoms with Crippen molar-refractivity contribution in [2.24, 2.45) is 0 Å². The average molecular weight is 459 g/mol. The molecule has 1 N–H and O–H groups in total. The highest BCUT2D eigenvalue weighted by atomic mass is 32.2. The first-order chi connectivity index (χ1) is 14.9. The van der Waals surface area contributed by atoms with Gasteiger partial charge in [0.05, 0.1) is 17.2 Å². The summed E-state index contributed by atoms with van der Waals surface area (Å²) in [5.41, 5.74) is 0.292. The summed E-state index contributed by atoms with van der Waals surface area (Å²) in [6.07, 6.45) is 9.79. The van der Waals surface area contributed by atoms with Gasteiger partial charge in [-0.3, -0.25) is 14.2 Å². The maximum atomic E-state index is 13.4. The number of rotatable bonds is 5. The van der Waals surface area contributed by atoms with Crippen LogP contribution >= 0.6 is 23.1 Å². The molecule has 0 atom stereocenters. The molecular weight excluding hydrogens is 428 g/mol. The number of fused-ring (bicyclic) bond motifs is 1. The molecule has 31 heavy (non-hydrogen) atoms. The van der Waals surface area contributed by atoms with E-state index in [1.807, 2.05) is 18.4 Å². The first-order valence-corrected chi connectivity index (χ1v) is 13.1. The van der Waals surface area contributed by atoms with Gasteiger partial charge >= 0.3 is 0 Å². The number of carbonyl (C=O) groups is 1. The summed E-state index contributed by atoms with van der Waals surface area (Å²) in [7, 11) is 0. The van der Waals surface area contributed by atoms with E-state index in [9.17, 15) is 14.9 Å². The van der Waals surface area contributed by atoms with Crippen LogP contribution in [0.5, 0.6) is 0 Å². The Kier molecular flexibility index (Phi) is 6.73. The van der Waals surface area contributed by atoms with Gasteiger partial charge in [0.15, 0.2) is 5.16 Å². The molecule has 0 radical (unpaired) electrons. The number of aromatic nitrogens is 2. The van der Waals surface area contributed by atoms with Crippen molar-refractivity contribution in [3.8, 4) is 6.07 Å². The van der Waals surface area contributed by atoms with E-state index in [0.717, 1.165) is 72.0 Å². The highest BCUT2D eigenvalue weighted by Gasteiger charge is 2.33. The normalized spacial score (nSPS) is 19.3. The van der Waals surface area contributed by atoms with E-state index in [0.29, 0.717) is 18.0 Å². The Labute approximate surface area is 191 Å². The third kappa shape index (κ3) is 4.54. The highest BCUT2D eigenvalue weighted by molar-refractivity contribution is 7.99. The minimum atomic E-state index is -0.751. The second-order valence-electron chi connectivity index (χ2n) is 8.92. The molecule has 6 nitrogen and oxygen atoms in total. The summed E-state index contributed by atoms with van der Waals surface area (Å²) in [5.74, 6) is 0.0107. The summed E-state index contributed by atoms with van der Waals surface area (Å²) in [6.45, 7) is 4.01. The topological polar surface area (TPSA) is 87.8 Å². The van der Waals surface area contributed by atoms with E-state index in [1.54, 1.807) is 11.3 Å². The number of hydrogen-bond donors (Lipinski definition) is 1. The molecule has 0 spiro atoms. The predicted molar refractivity (Wildman–Crippen MR) is 126 cm³/mol. The minimum Gasteiger partial charge on any atom is -0.337 e. The summed E-state index contributed by atoms with van der Waals surface area (Å²) in [4.78, 5) is 32.9. The van der Waals surface area contributed by atoms with Gasteiger partial charge in [0.2, 0.25) is 5.91 Å². The van der Waals surface area contributed by atoms with Crippen LogP contribution in [-0.2, 0) is 4.79 Å². The molecule has 1 amide bonds. The van der Waals surface area contributed by atoms with Crippen molar-refractivity contribution in [1.29, 1.82) is 5.26 Å². The number of nitrogens with zero attached hydrogens (tertiary/aromatic N) is 3. The highest BCUT2D eigenvalue weighted by Crippen LogP contribution is 2.34. The minimum absolute atomic E-state index is 0.0268. The molecule has 2 aromatic rings. The number of hydrogen-bond acceptors (Lipinski definition) is 6. The Morgan fingerprint density at radius 2 is 1.90 bits per heavy atom. The first kappa shape index (κ1) is 22.3. The molecule has 166 valence electrons. The van der Waals surface area contributed by atoms with Gasteiger partial charge in [-0.05, 0) is 45.1 Å². The van der Waals surface area contributed by atoms with Crippen LogP contribution in [0.25, 0.3) is 10.2 Å². The van der Waals surface area contributed by atoms with E-state index in [1.165, 1.54) is 11.8 Å². The van der Waals surface area contributed by atoms with Crippen molar-refractivity contribution in [3.63, 3.8) is 0 Å². The lowest BCUT2D eigenvalue weighted by Crippen LogP contribution is -2.47. The third-order valence-electron chi connectivity index (χ3n) is 6.77. The Morgan fingerprint density at radius 1 is 1.23 bits per heavy atom. The lowest BCUT2D eigenvalue weighted by molar-refractivity contribution is -0.120. The van der Waals surface area contributed by atoms with Gasteiger partial charge in [0.25, 0.3) is 5.56 Å². The largest absolute Gasteiger partial charge is 0.337 e. The lowest BCUT2D eigenvalue weighted by atomic mass is 9.92. The van der Waals surface area contributed by atoms with Crippen LogP contribution < -0.4 is 10.9 Å². The van der Waals surface area contributed by atoms with Crippen molar-refractivity contribution in [3.05, 3.63) is 20.8 Å². The molecule has 2 aliphatic carbocycles. The molecule has 2 saturated carbocycles. The summed E-state index contributed by atoms with van der Waals surface area (Å²) in [5, 5.41) is 14.1. The van der Waals surface area contributed by atoms with Crippen LogP contribution in [0, 0.1) is 25.2 Å². The zero-order chi connectivity index (χ0) is 22.0. The SMILES string of the molecule is Cc1sc2nc(SCC(=O)NC3(C#N)CCCCCC3)n(C3CCCC3)c(=O)c2c1C. The Bertz CT molecular complexity index is 1070. The number of carbonyl (C=O) groups excluding carboxylic acids is 1. The molecule has 2 aliphatic rings. The van der Waals surface area contributed by atoms with Crippen molar-refractivity contribution in [1.82, 2.24) is 14.9 Å². The van der Waals surface area contributed by atoms with Gasteiger partial charge < -0.3 is 5.32 Å². The van der Waals surface area contributed by atoms with Crippen LogP contribution in [0.1, 0.15) is 80.7 Å². The number of thioether (sulfide) groups is 1. The van der Waals surface area contributed by atoms with Gasteiger partial charge in [-0.1, -0.05) is 50.3 Å². The number of aryl methyl sites for hydroxylation is 2. The smallest absolute Gasteiger partial charge is 0.263 e. The Balaban J connectivity index is 1.59. The summed E-state index contributed by atoms with van der Waals surface area (Å²) < 4.78 is 1.85. The second-order valence-corrected chi connectivity index (χ2v) is 11.1. The predicted octanol–water partition coefficient (Wildman–Crippen LogP) is 5.01. The van der Waals surface area contributed by atoms with E-state index in [2.05, 4.69) is 11.4 Å². The third-order valence-corrected chi connectivity index (χ3v) is 8.83. The van der Waals surface area contributed by atoms with Crippen molar-refractivity contribution in [2.75, 3.05) is 5.75 Å². The van der Waals surface area contributed by atoms with E-state index >= 15 is 0 Å². The zero-order valence-corrected chi connectivity index (χ0v) is 20.0. The molecule has 4 rings (SSSR count). The fraction of sp³-hybridized carbons (Fsp3) is 0.652. The molecule has 2 heterocycles. The second kappa shape index (κ2) is 9.33. The molecule has 0 aliphatic heterocycles. The quantitative estimate of drug-likeness (QED) is 0.386. The molecular formula is C23H30N4O2S2. The number of amides is 1. The van der Waals surface area contributed by atoms with Crippen molar-refractivity contribution < 1.29 is 4.79 Å². The molecule has 0 bridgehead atoms. The van der Waals surface area contributed by atoms with Crippen LogP contribution in [0.2, 0.25) is 0 Å².